The molecule has 0 radical (unpaired) electrons. The molecule has 2 amide bonds. The summed E-state index contributed by atoms with van der Waals surface area (Å²) in [6.45, 7) is 6.80. The van der Waals surface area contributed by atoms with Gasteiger partial charge >= 0.3 is 0 Å². The molecule has 6 atom stereocenters. The number of aliphatic hydroxyl groups is 2. The van der Waals surface area contributed by atoms with Crippen molar-refractivity contribution < 1.29 is 28.6 Å². The number of carbonyl (C=O) groups is 2. The second-order valence-corrected chi connectivity index (χ2v) is 15.7. The van der Waals surface area contributed by atoms with Gasteiger partial charge in [-0.2, -0.15) is 0 Å². The summed E-state index contributed by atoms with van der Waals surface area (Å²) in [6.07, 6.45) is 0.416. The molecular weight excluding hydrogens is 557 g/mol. The van der Waals surface area contributed by atoms with Crippen LogP contribution in [-0.2, 0) is 26.5 Å². The van der Waals surface area contributed by atoms with E-state index < -0.39 is 43.6 Å². The fourth-order valence-corrected chi connectivity index (χ4v) is 9.19. The number of likely N-dealkylation sites (N-methyl/N-ethyl adjacent to an activating group) is 1. The molecule has 10 nitrogen and oxygen atoms in total. The molecule has 224 valence electrons. The highest BCUT2D eigenvalue weighted by molar-refractivity contribution is 6.72. The zero-order chi connectivity index (χ0) is 30.4. The first-order valence-corrected chi connectivity index (χ1v) is 17.2. The zero-order valence-corrected chi connectivity index (χ0v) is 25.5. The number of nitrogens with one attached hydrogen (secondary N) is 1. The van der Waals surface area contributed by atoms with E-state index in [0.717, 1.165) is 5.56 Å². The molecule has 1 aromatic heterocycles. The molecule has 2 aliphatic rings. The van der Waals surface area contributed by atoms with Gasteiger partial charge in [-0.05, 0) is 50.2 Å². The Bertz CT molecular complexity index is 1460. The predicted octanol–water partition coefficient (Wildman–Crippen LogP) is 3.56. The number of benzene rings is 2. The number of rotatable bonds is 9. The molecule has 42 heavy (non-hydrogen) atoms. The minimum Gasteiger partial charge on any atom is -0.395 e. The molecule has 2 aromatic carbocycles. The highest BCUT2D eigenvalue weighted by Gasteiger charge is 2.66. The molecule has 2 aliphatic heterocycles. The Labute approximate surface area is 245 Å². The van der Waals surface area contributed by atoms with Crippen LogP contribution in [0.1, 0.15) is 43.0 Å². The Kier molecular flexibility index (Phi) is 8.09. The van der Waals surface area contributed by atoms with Crippen molar-refractivity contribution in [2.45, 2.75) is 69.2 Å². The van der Waals surface area contributed by atoms with Gasteiger partial charge in [0.25, 0.3) is 11.8 Å². The Morgan fingerprint density at radius 2 is 1.95 bits per heavy atom. The Balaban J connectivity index is 1.43. The van der Waals surface area contributed by atoms with E-state index in [1.165, 1.54) is 11.8 Å². The van der Waals surface area contributed by atoms with Crippen molar-refractivity contribution >= 4 is 31.6 Å². The molecule has 0 bridgehead atoms. The number of ether oxygens (including phenoxy) is 1. The van der Waals surface area contributed by atoms with Crippen molar-refractivity contribution in [1.82, 2.24) is 15.0 Å². The summed E-state index contributed by atoms with van der Waals surface area (Å²) in [5.41, 5.74) is 1.29. The maximum Gasteiger partial charge on any atom is 0.264 e. The van der Waals surface area contributed by atoms with E-state index in [-0.39, 0.29) is 18.4 Å². The van der Waals surface area contributed by atoms with E-state index in [9.17, 15) is 19.8 Å². The number of amides is 2. The van der Waals surface area contributed by atoms with Crippen molar-refractivity contribution in [3.63, 3.8) is 0 Å². The number of anilines is 2. The van der Waals surface area contributed by atoms with E-state index in [4.69, 9.17) is 4.74 Å². The van der Waals surface area contributed by atoms with Crippen LogP contribution < -0.4 is 10.2 Å². The lowest BCUT2D eigenvalue weighted by Gasteiger charge is -2.31. The molecule has 3 N–H and O–H groups in total. The number of aliphatic hydroxyl groups excluding tert-OH is 2. The number of halogens is 1. The van der Waals surface area contributed by atoms with E-state index in [2.05, 4.69) is 15.6 Å². The number of hydrogen-bond donors (Lipinski definition) is 3. The fraction of sp³-hybridized carbons (Fsp3) is 0.467. The number of aromatic nitrogens is 3. The lowest BCUT2D eigenvalue weighted by molar-refractivity contribution is -0.145. The van der Waals surface area contributed by atoms with Crippen molar-refractivity contribution in [2.75, 3.05) is 23.9 Å². The van der Waals surface area contributed by atoms with Gasteiger partial charge in [-0.15, -0.1) is 5.10 Å². The summed E-state index contributed by atoms with van der Waals surface area (Å²) in [6, 6.07) is 14.7. The van der Waals surface area contributed by atoms with Crippen molar-refractivity contribution in [3.8, 4) is 0 Å². The summed E-state index contributed by atoms with van der Waals surface area (Å²) in [7, 11) is -1.68. The standard InChI is InChI=1S/C30H38FN5O5Si/c1-18-27(42(4,5)31)26(13-14-36-16-24(33-34-36)22(17-37)20-9-7-6-8-10-20)41-30(18)23-15-21(32-28(39)19(2)38)11-12-25(23)35(3)29(30)40/h6-12,15-16,18-19,22,26-27,37-38H,13-14,17H2,1-5H3,(H,32,39)/t18-,19+,22?,26+,27-,30+/m1/s1. The normalized spacial score (nSPS) is 25.1. The first kappa shape index (κ1) is 30.0. The quantitative estimate of drug-likeness (QED) is 0.255. The number of carbonyl (C=O) groups excluding carboxylic acids is 2. The topological polar surface area (TPSA) is 130 Å². The second-order valence-electron chi connectivity index (χ2n) is 11.9. The van der Waals surface area contributed by atoms with Gasteiger partial charge in [0.1, 0.15) is 6.10 Å². The average Bonchev–Trinajstić information content (AvgIpc) is 3.59. The van der Waals surface area contributed by atoms with E-state index >= 15 is 4.11 Å². The zero-order valence-electron chi connectivity index (χ0n) is 24.5. The molecule has 5 rings (SSSR count). The van der Waals surface area contributed by atoms with Gasteiger partial charge in [-0.25, -0.2) is 0 Å². The van der Waals surface area contributed by atoms with Gasteiger partial charge in [0.05, 0.1) is 30.0 Å². The molecule has 12 heteroatoms. The van der Waals surface area contributed by atoms with Gasteiger partial charge in [-0.1, -0.05) is 42.5 Å². The summed E-state index contributed by atoms with van der Waals surface area (Å²) in [4.78, 5) is 27.6. The van der Waals surface area contributed by atoms with Crippen LogP contribution in [0.2, 0.25) is 18.6 Å². The van der Waals surface area contributed by atoms with Gasteiger partial charge < -0.3 is 29.3 Å². The minimum absolute atomic E-state index is 0.118. The number of fused-ring (bicyclic) bond motifs is 2. The summed E-state index contributed by atoms with van der Waals surface area (Å²) in [5.74, 6) is -1.64. The molecule has 0 aliphatic carbocycles. The maximum atomic E-state index is 16.0. The monoisotopic (exact) mass is 595 g/mol. The molecule has 1 saturated heterocycles. The van der Waals surface area contributed by atoms with Crippen LogP contribution in [0.5, 0.6) is 0 Å². The van der Waals surface area contributed by atoms with Crippen molar-refractivity contribution in [1.29, 1.82) is 0 Å². The average molecular weight is 596 g/mol. The van der Waals surface area contributed by atoms with Crippen molar-refractivity contribution in [2.24, 2.45) is 5.92 Å². The largest absolute Gasteiger partial charge is 0.395 e. The van der Waals surface area contributed by atoms with Crippen LogP contribution in [0.4, 0.5) is 15.5 Å². The summed E-state index contributed by atoms with van der Waals surface area (Å²) >= 11 is 0. The van der Waals surface area contributed by atoms with Crippen LogP contribution in [-0.4, -0.2) is 71.3 Å². The number of hydrogen-bond acceptors (Lipinski definition) is 7. The molecule has 3 aromatic rings. The van der Waals surface area contributed by atoms with E-state index in [0.29, 0.717) is 35.6 Å². The van der Waals surface area contributed by atoms with E-state index in [1.807, 2.05) is 37.3 Å². The maximum absolute atomic E-state index is 16.0. The van der Waals surface area contributed by atoms with Crippen LogP contribution in [0, 0.1) is 5.92 Å². The van der Waals surface area contributed by atoms with Crippen LogP contribution in [0.25, 0.3) is 0 Å². The third-order valence-corrected chi connectivity index (χ3v) is 11.1. The first-order chi connectivity index (χ1) is 19.9. The van der Waals surface area contributed by atoms with Crippen LogP contribution in [0.15, 0.2) is 54.7 Å². The van der Waals surface area contributed by atoms with Crippen LogP contribution >= 0.6 is 0 Å². The summed E-state index contributed by atoms with van der Waals surface area (Å²) in [5, 5.41) is 30.9. The highest BCUT2D eigenvalue weighted by Crippen LogP contribution is 2.60. The Hall–Kier alpha value is -3.45. The smallest absolute Gasteiger partial charge is 0.264 e. The number of aryl methyl sites for hydroxylation is 1. The second kappa shape index (κ2) is 11.3. The predicted molar refractivity (Wildman–Crippen MR) is 158 cm³/mol. The Morgan fingerprint density at radius 1 is 1.24 bits per heavy atom. The lowest BCUT2D eigenvalue weighted by Crippen LogP contribution is -2.44. The molecule has 1 spiro atoms. The van der Waals surface area contributed by atoms with Crippen molar-refractivity contribution in [3.05, 3.63) is 71.5 Å². The van der Waals surface area contributed by atoms with E-state index in [1.54, 1.807) is 49.2 Å². The third-order valence-electron chi connectivity index (χ3n) is 8.68. The Morgan fingerprint density at radius 3 is 2.60 bits per heavy atom. The van der Waals surface area contributed by atoms with Gasteiger partial charge in [0.15, 0.2) is 5.60 Å². The minimum atomic E-state index is -3.35. The summed E-state index contributed by atoms with van der Waals surface area (Å²) < 4.78 is 24.4. The van der Waals surface area contributed by atoms with Gasteiger partial charge in [0, 0.05) is 42.5 Å². The molecule has 1 fully saturated rings. The fourth-order valence-electron chi connectivity index (χ4n) is 6.64. The first-order valence-electron chi connectivity index (χ1n) is 14.2. The molecular formula is C30H38FN5O5Si. The van der Waals surface area contributed by atoms with Gasteiger partial charge in [0.2, 0.25) is 8.41 Å². The van der Waals surface area contributed by atoms with Crippen LogP contribution in [0.3, 0.4) is 0 Å². The molecule has 1 unspecified atom stereocenters. The third kappa shape index (κ3) is 5.17. The SMILES string of the molecule is C[C@H](O)C(=O)Nc1ccc2c(c1)[C@]1(O[C@@H](CCn3cc(C(CO)c4ccccc4)nn3)[C@H]([Si](C)(C)F)[C@H]1C)C(=O)N2C. The van der Waals surface area contributed by atoms with Gasteiger partial charge in [-0.3, -0.25) is 14.3 Å². The molecule has 3 heterocycles. The lowest BCUT2D eigenvalue weighted by atomic mass is 9.82. The molecule has 0 saturated carbocycles. The highest BCUT2D eigenvalue weighted by atomic mass is 28.4. The number of nitrogens with zero attached hydrogens (tertiary/aromatic N) is 4.